The Kier molecular flexibility index (Phi) is 8.33. The highest BCUT2D eigenvalue weighted by molar-refractivity contribution is 5.97. The van der Waals surface area contributed by atoms with Crippen molar-refractivity contribution < 1.29 is 23.8 Å². The van der Waals surface area contributed by atoms with Crippen LogP contribution < -0.4 is 14.8 Å². The van der Waals surface area contributed by atoms with Crippen molar-refractivity contribution in [3.8, 4) is 22.6 Å². The third-order valence-corrected chi connectivity index (χ3v) is 5.35. The molecule has 0 saturated carbocycles. The molecule has 0 heterocycles. The van der Waals surface area contributed by atoms with E-state index in [0.29, 0.717) is 29.4 Å². The Bertz CT molecular complexity index is 1290. The van der Waals surface area contributed by atoms with Crippen molar-refractivity contribution in [3.05, 3.63) is 115 Å². The molecule has 0 bridgehead atoms. The maximum absolute atomic E-state index is 13.2. The third-order valence-electron chi connectivity index (χ3n) is 5.35. The van der Waals surface area contributed by atoms with Crippen molar-refractivity contribution in [1.29, 1.82) is 0 Å². The molecule has 0 spiro atoms. The van der Waals surface area contributed by atoms with Gasteiger partial charge in [0, 0.05) is 11.1 Å². The summed E-state index contributed by atoms with van der Waals surface area (Å²) < 4.78 is 17.0. The molecule has 0 fully saturated rings. The lowest BCUT2D eigenvalue weighted by atomic mass is 10.1. The molecule has 0 radical (unpaired) electrons. The summed E-state index contributed by atoms with van der Waals surface area (Å²) in [7, 11) is 0. The summed E-state index contributed by atoms with van der Waals surface area (Å²) in [5.74, 6) is -0.0781. The van der Waals surface area contributed by atoms with Crippen molar-refractivity contribution in [1.82, 2.24) is 0 Å². The van der Waals surface area contributed by atoms with E-state index in [9.17, 15) is 9.59 Å². The SMILES string of the molecule is CCOc1ccccc1NC(=O)C(OC(=O)COc1ccccc1-c1ccccc1)c1ccccc1. The Labute approximate surface area is 210 Å². The quantitative estimate of drug-likeness (QED) is 0.279. The second-order valence-electron chi connectivity index (χ2n) is 7.85. The van der Waals surface area contributed by atoms with Crippen LogP contribution in [0, 0.1) is 0 Å². The molecule has 1 unspecified atom stereocenters. The number of esters is 1. The Morgan fingerprint density at radius 1 is 0.722 bits per heavy atom. The highest BCUT2D eigenvalue weighted by atomic mass is 16.6. The average molecular weight is 482 g/mol. The molecule has 0 aliphatic heterocycles. The van der Waals surface area contributed by atoms with Gasteiger partial charge >= 0.3 is 5.97 Å². The predicted octanol–water partition coefficient (Wildman–Crippen LogP) is 6.05. The van der Waals surface area contributed by atoms with E-state index >= 15 is 0 Å². The molecule has 6 heteroatoms. The Morgan fingerprint density at radius 2 is 1.33 bits per heavy atom. The molecule has 4 aromatic rings. The summed E-state index contributed by atoms with van der Waals surface area (Å²) in [6, 6.07) is 33.2. The zero-order chi connectivity index (χ0) is 25.2. The molecule has 4 aromatic carbocycles. The first-order valence-corrected chi connectivity index (χ1v) is 11.7. The van der Waals surface area contributed by atoms with Crippen LogP contribution in [-0.2, 0) is 14.3 Å². The van der Waals surface area contributed by atoms with E-state index in [1.807, 2.05) is 67.6 Å². The van der Waals surface area contributed by atoms with Crippen LogP contribution in [0.1, 0.15) is 18.6 Å². The van der Waals surface area contributed by atoms with Crippen LogP contribution in [0.4, 0.5) is 5.69 Å². The van der Waals surface area contributed by atoms with Crippen molar-refractivity contribution in [2.24, 2.45) is 0 Å². The van der Waals surface area contributed by atoms with Gasteiger partial charge in [-0.3, -0.25) is 4.79 Å². The second kappa shape index (κ2) is 12.2. The lowest BCUT2D eigenvalue weighted by molar-refractivity contribution is -0.156. The van der Waals surface area contributed by atoms with Gasteiger partial charge in [-0.1, -0.05) is 91.0 Å². The van der Waals surface area contributed by atoms with Crippen LogP contribution in [0.2, 0.25) is 0 Å². The van der Waals surface area contributed by atoms with Gasteiger partial charge < -0.3 is 19.5 Å². The third kappa shape index (κ3) is 6.30. The van der Waals surface area contributed by atoms with Crippen LogP contribution in [0.25, 0.3) is 11.1 Å². The van der Waals surface area contributed by atoms with Gasteiger partial charge in [0.2, 0.25) is 6.10 Å². The summed E-state index contributed by atoms with van der Waals surface area (Å²) in [5.41, 5.74) is 2.86. The first-order valence-electron chi connectivity index (χ1n) is 11.7. The molecule has 182 valence electrons. The maximum Gasteiger partial charge on any atom is 0.345 e. The Hall–Kier alpha value is -4.58. The molecule has 0 aromatic heterocycles. The second-order valence-corrected chi connectivity index (χ2v) is 7.85. The van der Waals surface area contributed by atoms with Gasteiger partial charge in [-0.05, 0) is 30.7 Å². The fraction of sp³-hybridized carbons (Fsp3) is 0.133. The predicted molar refractivity (Wildman–Crippen MR) is 139 cm³/mol. The lowest BCUT2D eigenvalue weighted by Crippen LogP contribution is -2.28. The van der Waals surface area contributed by atoms with Gasteiger partial charge in [0.1, 0.15) is 11.5 Å². The summed E-state index contributed by atoms with van der Waals surface area (Å²) in [4.78, 5) is 26.1. The smallest absolute Gasteiger partial charge is 0.345 e. The molecule has 4 rings (SSSR count). The lowest BCUT2D eigenvalue weighted by Gasteiger charge is -2.19. The van der Waals surface area contributed by atoms with E-state index in [-0.39, 0.29) is 6.61 Å². The van der Waals surface area contributed by atoms with E-state index in [1.54, 1.807) is 48.5 Å². The minimum atomic E-state index is -1.17. The maximum atomic E-state index is 13.2. The number of amides is 1. The standard InChI is InChI=1S/C30H27NO5/c1-2-34-27-20-12-10-18-25(27)31-30(33)29(23-15-7-4-8-16-23)36-28(32)21-35-26-19-11-9-17-24(26)22-13-5-3-6-14-22/h3-20,29H,2,21H2,1H3,(H,31,33). The largest absolute Gasteiger partial charge is 0.492 e. The van der Waals surface area contributed by atoms with Crippen LogP contribution >= 0.6 is 0 Å². The first-order chi connectivity index (χ1) is 17.7. The minimum Gasteiger partial charge on any atom is -0.492 e. The minimum absolute atomic E-state index is 0.351. The molecule has 6 nitrogen and oxygen atoms in total. The number of hydrogen-bond acceptors (Lipinski definition) is 5. The summed E-state index contributed by atoms with van der Waals surface area (Å²) >= 11 is 0. The van der Waals surface area contributed by atoms with Crippen LogP contribution in [0.15, 0.2) is 109 Å². The van der Waals surface area contributed by atoms with Gasteiger partial charge in [-0.2, -0.15) is 0 Å². The molecule has 1 N–H and O–H groups in total. The molecule has 1 amide bonds. The van der Waals surface area contributed by atoms with Gasteiger partial charge in [0.25, 0.3) is 5.91 Å². The van der Waals surface area contributed by atoms with Crippen molar-refractivity contribution in [2.75, 3.05) is 18.5 Å². The summed E-state index contributed by atoms with van der Waals surface area (Å²) in [6.45, 7) is 1.96. The van der Waals surface area contributed by atoms with Gasteiger partial charge in [-0.15, -0.1) is 0 Å². The van der Waals surface area contributed by atoms with Gasteiger partial charge in [0.15, 0.2) is 6.61 Å². The molecule has 36 heavy (non-hydrogen) atoms. The molecule has 1 atom stereocenters. The van der Waals surface area contributed by atoms with E-state index in [0.717, 1.165) is 11.1 Å². The van der Waals surface area contributed by atoms with E-state index < -0.39 is 18.0 Å². The van der Waals surface area contributed by atoms with Crippen LogP contribution in [0.5, 0.6) is 11.5 Å². The number of carbonyl (C=O) groups excluding carboxylic acids is 2. The van der Waals surface area contributed by atoms with E-state index in [4.69, 9.17) is 14.2 Å². The fourth-order valence-electron chi connectivity index (χ4n) is 3.70. The van der Waals surface area contributed by atoms with Crippen molar-refractivity contribution in [3.63, 3.8) is 0 Å². The van der Waals surface area contributed by atoms with E-state index in [2.05, 4.69) is 5.32 Å². The van der Waals surface area contributed by atoms with E-state index in [1.165, 1.54) is 0 Å². The fourth-order valence-corrected chi connectivity index (χ4v) is 3.70. The normalized spacial score (nSPS) is 11.2. The summed E-state index contributed by atoms with van der Waals surface area (Å²) in [6.07, 6.45) is -1.17. The number of para-hydroxylation sites is 3. The Balaban J connectivity index is 1.48. The topological polar surface area (TPSA) is 73.9 Å². The molecular formula is C30H27NO5. The number of benzene rings is 4. The number of anilines is 1. The van der Waals surface area contributed by atoms with Crippen LogP contribution in [0.3, 0.4) is 0 Å². The molecule has 0 aliphatic carbocycles. The number of nitrogens with one attached hydrogen (secondary N) is 1. The van der Waals surface area contributed by atoms with Crippen LogP contribution in [-0.4, -0.2) is 25.1 Å². The highest BCUT2D eigenvalue weighted by Gasteiger charge is 2.26. The zero-order valence-electron chi connectivity index (χ0n) is 19.9. The number of ether oxygens (including phenoxy) is 3. The monoisotopic (exact) mass is 481 g/mol. The summed E-state index contributed by atoms with van der Waals surface area (Å²) in [5, 5.41) is 2.82. The molecular weight excluding hydrogens is 454 g/mol. The highest BCUT2D eigenvalue weighted by Crippen LogP contribution is 2.30. The number of rotatable bonds is 10. The van der Waals surface area contributed by atoms with Gasteiger partial charge in [-0.25, -0.2) is 4.79 Å². The number of carbonyl (C=O) groups is 2. The first kappa shape index (κ1) is 24.5. The Morgan fingerprint density at radius 3 is 2.06 bits per heavy atom. The van der Waals surface area contributed by atoms with Gasteiger partial charge in [0.05, 0.1) is 12.3 Å². The van der Waals surface area contributed by atoms with Crippen molar-refractivity contribution >= 4 is 17.6 Å². The zero-order valence-corrected chi connectivity index (χ0v) is 19.9. The average Bonchev–Trinajstić information content (AvgIpc) is 2.93. The molecule has 0 aliphatic rings. The van der Waals surface area contributed by atoms with Crippen molar-refractivity contribution in [2.45, 2.75) is 13.0 Å². The molecule has 0 saturated heterocycles. The number of hydrogen-bond donors (Lipinski definition) is 1.